The second-order valence-electron chi connectivity index (χ2n) is 5.55. The second kappa shape index (κ2) is 4.69. The van der Waals surface area contributed by atoms with Crippen molar-refractivity contribution in [3.8, 4) is 0 Å². The summed E-state index contributed by atoms with van der Waals surface area (Å²) in [5.41, 5.74) is 1.63. The summed E-state index contributed by atoms with van der Waals surface area (Å²) >= 11 is 0. The first-order valence-corrected chi connectivity index (χ1v) is 6.60. The fourth-order valence-corrected chi connectivity index (χ4v) is 3.15. The van der Waals surface area contributed by atoms with Gasteiger partial charge in [0.25, 0.3) is 0 Å². The first-order valence-electron chi connectivity index (χ1n) is 6.60. The highest BCUT2D eigenvalue weighted by atomic mass is 15.2. The zero-order chi connectivity index (χ0) is 10.8. The van der Waals surface area contributed by atoms with Crippen molar-refractivity contribution >= 4 is 0 Å². The molecule has 1 saturated heterocycles. The quantitative estimate of drug-likeness (QED) is 0.627. The summed E-state index contributed by atoms with van der Waals surface area (Å²) in [5, 5.41) is 0. The van der Waals surface area contributed by atoms with Crippen LogP contribution >= 0.6 is 0 Å². The maximum atomic E-state index is 2.70. The monoisotopic (exact) mass is 207 g/mol. The van der Waals surface area contributed by atoms with E-state index in [1.807, 2.05) is 0 Å². The van der Waals surface area contributed by atoms with E-state index in [2.05, 4.69) is 31.7 Å². The molecule has 0 N–H and O–H groups in total. The summed E-state index contributed by atoms with van der Waals surface area (Å²) < 4.78 is 0. The predicted octanol–water partition coefficient (Wildman–Crippen LogP) is 3.46. The molecule has 86 valence electrons. The summed E-state index contributed by atoms with van der Waals surface area (Å²) in [6.07, 6.45) is 7.91. The number of fused-ring (bicyclic) bond motifs is 1. The number of hydrogen-bond acceptors (Lipinski definition) is 1. The molecule has 0 amide bonds. The zero-order valence-electron chi connectivity index (χ0n) is 10.5. The molecule has 2 rings (SSSR count). The van der Waals surface area contributed by atoms with Gasteiger partial charge in [-0.3, -0.25) is 0 Å². The Kier molecular flexibility index (Phi) is 3.50. The molecule has 0 radical (unpaired) electrons. The molecule has 1 aliphatic carbocycles. The summed E-state index contributed by atoms with van der Waals surface area (Å²) in [5.74, 6) is 1.95. The van der Waals surface area contributed by atoms with E-state index in [1.54, 1.807) is 5.57 Å². The molecule has 1 nitrogen and oxygen atoms in total. The third kappa shape index (κ3) is 2.44. The minimum Gasteiger partial charge on any atom is -0.300 e. The molecule has 1 aliphatic heterocycles. The average molecular weight is 207 g/mol. The van der Waals surface area contributed by atoms with Gasteiger partial charge >= 0.3 is 0 Å². The van der Waals surface area contributed by atoms with Gasteiger partial charge in [-0.1, -0.05) is 18.6 Å². The van der Waals surface area contributed by atoms with Gasteiger partial charge in [-0.25, -0.2) is 0 Å². The largest absolute Gasteiger partial charge is 0.300 e. The number of nitrogens with zero attached hydrogens (tertiary/aromatic N) is 1. The summed E-state index contributed by atoms with van der Waals surface area (Å²) in [6, 6.07) is 0.790. The van der Waals surface area contributed by atoms with Crippen LogP contribution in [0.5, 0.6) is 0 Å². The molecule has 0 aromatic carbocycles. The molecular formula is C14H25N. The fraction of sp³-hybridized carbons (Fsp3) is 0.857. The molecule has 3 unspecified atom stereocenters. The van der Waals surface area contributed by atoms with Crippen molar-refractivity contribution in [2.24, 2.45) is 11.8 Å². The normalized spacial score (nSPS) is 34.5. The number of rotatable bonds is 2. The van der Waals surface area contributed by atoms with Crippen molar-refractivity contribution in [2.45, 2.75) is 52.5 Å². The topological polar surface area (TPSA) is 3.24 Å². The van der Waals surface area contributed by atoms with Gasteiger partial charge in [0, 0.05) is 12.6 Å². The van der Waals surface area contributed by atoms with E-state index in [9.17, 15) is 0 Å². The van der Waals surface area contributed by atoms with Crippen molar-refractivity contribution in [1.29, 1.82) is 0 Å². The molecule has 1 fully saturated rings. The van der Waals surface area contributed by atoms with Gasteiger partial charge in [-0.15, -0.1) is 0 Å². The SMILES string of the molecule is CCC(C)N1CCC2CC(C)=CCC2C1. The van der Waals surface area contributed by atoms with E-state index < -0.39 is 0 Å². The molecule has 0 aromatic rings. The zero-order valence-corrected chi connectivity index (χ0v) is 10.5. The van der Waals surface area contributed by atoms with Crippen molar-refractivity contribution in [2.75, 3.05) is 13.1 Å². The van der Waals surface area contributed by atoms with E-state index in [4.69, 9.17) is 0 Å². The number of hydrogen-bond donors (Lipinski definition) is 0. The number of piperidine rings is 1. The van der Waals surface area contributed by atoms with Crippen molar-refractivity contribution in [3.05, 3.63) is 11.6 Å². The van der Waals surface area contributed by atoms with Crippen molar-refractivity contribution < 1.29 is 0 Å². The minimum atomic E-state index is 0.790. The third-order valence-corrected chi connectivity index (χ3v) is 4.49. The maximum Gasteiger partial charge on any atom is 0.00644 e. The Morgan fingerprint density at radius 3 is 3.00 bits per heavy atom. The lowest BCUT2D eigenvalue weighted by Gasteiger charge is -2.43. The lowest BCUT2D eigenvalue weighted by molar-refractivity contribution is 0.0823. The third-order valence-electron chi connectivity index (χ3n) is 4.49. The van der Waals surface area contributed by atoms with Crippen LogP contribution in [0.4, 0.5) is 0 Å². The molecule has 3 atom stereocenters. The van der Waals surface area contributed by atoms with E-state index in [-0.39, 0.29) is 0 Å². The van der Waals surface area contributed by atoms with Gasteiger partial charge in [-0.05, 0) is 57.9 Å². The van der Waals surface area contributed by atoms with Crippen LogP contribution < -0.4 is 0 Å². The highest BCUT2D eigenvalue weighted by Gasteiger charge is 2.31. The summed E-state index contributed by atoms with van der Waals surface area (Å²) in [4.78, 5) is 2.70. The highest BCUT2D eigenvalue weighted by molar-refractivity contribution is 5.07. The Balaban J connectivity index is 1.95. The minimum absolute atomic E-state index is 0.790. The average Bonchev–Trinajstić information content (AvgIpc) is 2.27. The lowest BCUT2D eigenvalue weighted by Crippen LogP contribution is -2.45. The van der Waals surface area contributed by atoms with Gasteiger partial charge in [-0.2, -0.15) is 0 Å². The summed E-state index contributed by atoms with van der Waals surface area (Å²) in [7, 11) is 0. The Morgan fingerprint density at radius 1 is 1.47 bits per heavy atom. The molecule has 0 saturated carbocycles. The molecule has 1 heteroatoms. The van der Waals surface area contributed by atoms with Gasteiger partial charge in [0.1, 0.15) is 0 Å². The van der Waals surface area contributed by atoms with Crippen LogP contribution in [0.25, 0.3) is 0 Å². The van der Waals surface area contributed by atoms with Gasteiger partial charge in [0.05, 0.1) is 0 Å². The Labute approximate surface area is 94.5 Å². The Hall–Kier alpha value is -0.300. The predicted molar refractivity (Wildman–Crippen MR) is 65.9 cm³/mol. The number of likely N-dealkylation sites (tertiary alicyclic amines) is 1. The molecule has 1 heterocycles. The maximum absolute atomic E-state index is 2.70. The van der Waals surface area contributed by atoms with Crippen LogP contribution in [0.15, 0.2) is 11.6 Å². The van der Waals surface area contributed by atoms with Crippen LogP contribution in [0, 0.1) is 11.8 Å². The standard InChI is InChI=1S/C14H25N/c1-4-12(3)15-8-7-13-9-11(2)5-6-14(13)10-15/h5,12-14H,4,6-10H2,1-3H3. The first-order chi connectivity index (χ1) is 7.20. The van der Waals surface area contributed by atoms with Crippen LogP contribution in [0.2, 0.25) is 0 Å². The molecule has 0 aromatic heterocycles. The van der Waals surface area contributed by atoms with E-state index in [1.165, 1.54) is 38.8 Å². The highest BCUT2D eigenvalue weighted by Crippen LogP contribution is 2.36. The van der Waals surface area contributed by atoms with E-state index in [0.717, 1.165) is 17.9 Å². The van der Waals surface area contributed by atoms with Crippen LogP contribution in [0.3, 0.4) is 0 Å². The molecule has 0 bridgehead atoms. The second-order valence-corrected chi connectivity index (χ2v) is 5.55. The first kappa shape index (κ1) is 11.2. The van der Waals surface area contributed by atoms with E-state index in [0.29, 0.717) is 0 Å². The van der Waals surface area contributed by atoms with Crippen LogP contribution in [0.1, 0.15) is 46.5 Å². The molecular weight excluding hydrogens is 182 g/mol. The Morgan fingerprint density at radius 2 is 2.27 bits per heavy atom. The van der Waals surface area contributed by atoms with Crippen LogP contribution in [-0.4, -0.2) is 24.0 Å². The van der Waals surface area contributed by atoms with E-state index >= 15 is 0 Å². The van der Waals surface area contributed by atoms with Crippen molar-refractivity contribution in [3.63, 3.8) is 0 Å². The van der Waals surface area contributed by atoms with Crippen molar-refractivity contribution in [1.82, 2.24) is 4.90 Å². The molecule has 0 spiro atoms. The fourth-order valence-electron chi connectivity index (χ4n) is 3.15. The molecule has 15 heavy (non-hydrogen) atoms. The van der Waals surface area contributed by atoms with Crippen LogP contribution in [-0.2, 0) is 0 Å². The van der Waals surface area contributed by atoms with Gasteiger partial charge in [0.2, 0.25) is 0 Å². The number of allylic oxidation sites excluding steroid dienone is 2. The summed E-state index contributed by atoms with van der Waals surface area (Å²) in [6.45, 7) is 9.68. The van der Waals surface area contributed by atoms with Gasteiger partial charge in [0.15, 0.2) is 0 Å². The molecule has 2 aliphatic rings. The lowest BCUT2D eigenvalue weighted by atomic mass is 9.75. The Bertz CT molecular complexity index is 244. The van der Waals surface area contributed by atoms with Gasteiger partial charge < -0.3 is 4.90 Å². The smallest absolute Gasteiger partial charge is 0.00644 e.